The smallest absolute Gasteiger partial charge is 0.224 e. The number of hydrogen-bond donors (Lipinski definition) is 0. The van der Waals surface area contributed by atoms with Crippen LogP contribution in [-0.2, 0) is 13.5 Å². The average molecular weight is 418 g/mol. The van der Waals surface area contributed by atoms with Crippen LogP contribution in [0.3, 0.4) is 0 Å². The van der Waals surface area contributed by atoms with E-state index in [2.05, 4.69) is 84.6 Å². The van der Waals surface area contributed by atoms with Crippen LogP contribution in [-0.4, -0.2) is 4.40 Å². The first-order chi connectivity index (χ1) is 15.6. The van der Waals surface area contributed by atoms with E-state index in [-0.39, 0.29) is 0 Å². The molecule has 0 N–H and O–H groups in total. The van der Waals surface area contributed by atoms with Gasteiger partial charge in [-0.05, 0) is 54.3 Å². The molecule has 32 heavy (non-hydrogen) atoms. The van der Waals surface area contributed by atoms with E-state index in [1.807, 2.05) is 0 Å². The summed E-state index contributed by atoms with van der Waals surface area (Å²) in [6.07, 6.45) is 9.05. The largest absolute Gasteiger partial charge is 0.307 e. The number of benzene rings is 3. The molecule has 0 spiro atoms. The van der Waals surface area contributed by atoms with Gasteiger partial charge in [-0.25, -0.2) is 4.57 Å². The number of nitrogens with zero attached hydrogens (tertiary/aromatic N) is 2. The van der Waals surface area contributed by atoms with Gasteiger partial charge in [0, 0.05) is 16.8 Å². The highest BCUT2D eigenvalue weighted by atomic mass is 15.0. The van der Waals surface area contributed by atoms with Gasteiger partial charge in [-0.15, -0.1) is 0 Å². The van der Waals surface area contributed by atoms with E-state index in [0.29, 0.717) is 0 Å². The number of aryl methyl sites for hydroxylation is 3. The zero-order valence-corrected chi connectivity index (χ0v) is 19.2. The molecule has 3 heterocycles. The summed E-state index contributed by atoms with van der Waals surface area (Å²) in [5.74, 6) is 0.847. The molecule has 0 atom stereocenters. The topological polar surface area (TPSA) is 8.29 Å². The normalized spacial score (nSPS) is 15.5. The third-order valence-electron chi connectivity index (χ3n) is 8.11. The molecule has 6 aromatic rings. The van der Waals surface area contributed by atoms with E-state index in [4.69, 9.17) is 0 Å². The molecule has 1 aliphatic rings. The first-order valence-electron chi connectivity index (χ1n) is 12.1. The number of para-hydroxylation sites is 1. The molecule has 158 valence electrons. The van der Waals surface area contributed by atoms with Gasteiger partial charge < -0.3 is 4.40 Å². The van der Waals surface area contributed by atoms with Crippen molar-refractivity contribution in [3.63, 3.8) is 0 Å². The highest BCUT2D eigenvalue weighted by molar-refractivity contribution is 6.26. The minimum absolute atomic E-state index is 0.847. The maximum Gasteiger partial charge on any atom is 0.224 e. The predicted octanol–water partition coefficient (Wildman–Crippen LogP) is 7.16. The predicted molar refractivity (Wildman–Crippen MR) is 135 cm³/mol. The first kappa shape index (κ1) is 18.4. The Hall–Kier alpha value is -3.13. The highest BCUT2D eigenvalue weighted by Crippen LogP contribution is 2.42. The lowest BCUT2D eigenvalue weighted by Gasteiger charge is -2.16. The molecule has 0 bridgehead atoms. The van der Waals surface area contributed by atoms with Crippen LogP contribution in [0.15, 0.2) is 54.7 Å². The van der Waals surface area contributed by atoms with Crippen LogP contribution in [0.5, 0.6) is 0 Å². The molecule has 0 unspecified atom stereocenters. The number of rotatable bonds is 2. The molecule has 3 aromatic carbocycles. The van der Waals surface area contributed by atoms with Crippen LogP contribution in [0.1, 0.15) is 42.4 Å². The van der Waals surface area contributed by atoms with E-state index in [0.717, 1.165) is 5.92 Å². The van der Waals surface area contributed by atoms with Gasteiger partial charge in [-0.1, -0.05) is 62.1 Å². The second-order valence-corrected chi connectivity index (χ2v) is 10.2. The average Bonchev–Trinajstić information content (AvgIpc) is 3.41. The molecule has 3 aromatic heterocycles. The van der Waals surface area contributed by atoms with E-state index >= 15 is 0 Å². The molecule has 0 saturated heterocycles. The van der Waals surface area contributed by atoms with Gasteiger partial charge in [0.15, 0.2) is 6.20 Å². The minimum Gasteiger partial charge on any atom is -0.307 e. The van der Waals surface area contributed by atoms with Crippen molar-refractivity contribution in [2.24, 2.45) is 13.0 Å². The van der Waals surface area contributed by atoms with Crippen molar-refractivity contribution in [1.82, 2.24) is 4.40 Å². The van der Waals surface area contributed by atoms with Crippen molar-refractivity contribution in [3.05, 3.63) is 71.4 Å². The Labute approximate surface area is 188 Å². The molecule has 1 fully saturated rings. The lowest BCUT2D eigenvalue weighted by Crippen LogP contribution is -2.29. The van der Waals surface area contributed by atoms with Gasteiger partial charge >= 0.3 is 0 Å². The number of hydrogen-bond acceptors (Lipinski definition) is 0. The number of aromatic nitrogens is 2. The monoisotopic (exact) mass is 417 g/mol. The first-order valence-corrected chi connectivity index (χ1v) is 12.1. The second-order valence-electron chi connectivity index (χ2n) is 10.2. The van der Waals surface area contributed by atoms with Crippen LogP contribution < -0.4 is 4.57 Å². The van der Waals surface area contributed by atoms with Gasteiger partial charge in [0.25, 0.3) is 0 Å². The van der Waals surface area contributed by atoms with Crippen molar-refractivity contribution in [2.75, 3.05) is 0 Å². The van der Waals surface area contributed by atoms with Crippen LogP contribution in [0.4, 0.5) is 0 Å². The van der Waals surface area contributed by atoms with Gasteiger partial charge in [0.1, 0.15) is 7.05 Å². The molecule has 7 rings (SSSR count). The third kappa shape index (κ3) is 2.33. The number of pyridine rings is 2. The Morgan fingerprint density at radius 1 is 0.875 bits per heavy atom. The molecule has 0 aliphatic heterocycles. The Kier molecular flexibility index (Phi) is 3.72. The molecule has 0 radical (unpaired) electrons. The van der Waals surface area contributed by atoms with Crippen LogP contribution in [0, 0.1) is 19.8 Å². The molecule has 2 nitrogen and oxygen atoms in total. The summed E-state index contributed by atoms with van der Waals surface area (Å²) in [6.45, 7) is 4.53. The summed E-state index contributed by atoms with van der Waals surface area (Å²) in [6, 6.07) is 18.7. The quantitative estimate of drug-likeness (QED) is 0.160. The van der Waals surface area contributed by atoms with Crippen molar-refractivity contribution >= 4 is 49.0 Å². The Bertz CT molecular complexity index is 1680. The van der Waals surface area contributed by atoms with Crippen LogP contribution in [0.2, 0.25) is 0 Å². The highest BCUT2D eigenvalue weighted by Gasteiger charge is 2.25. The van der Waals surface area contributed by atoms with E-state index in [1.54, 1.807) is 0 Å². The lowest BCUT2D eigenvalue weighted by molar-refractivity contribution is -0.643. The zero-order valence-electron chi connectivity index (χ0n) is 19.2. The van der Waals surface area contributed by atoms with Gasteiger partial charge in [0.2, 0.25) is 5.52 Å². The third-order valence-corrected chi connectivity index (χ3v) is 8.11. The molecular weight excluding hydrogens is 388 g/mol. The fourth-order valence-corrected chi connectivity index (χ4v) is 6.65. The minimum atomic E-state index is 0.847. The summed E-state index contributed by atoms with van der Waals surface area (Å²) in [7, 11) is 2.20. The Morgan fingerprint density at radius 3 is 2.53 bits per heavy atom. The fourth-order valence-electron chi connectivity index (χ4n) is 6.65. The Balaban J connectivity index is 1.75. The van der Waals surface area contributed by atoms with Gasteiger partial charge in [0.05, 0.1) is 27.3 Å². The van der Waals surface area contributed by atoms with Crippen molar-refractivity contribution in [2.45, 2.75) is 46.0 Å². The van der Waals surface area contributed by atoms with Crippen molar-refractivity contribution in [1.29, 1.82) is 0 Å². The van der Waals surface area contributed by atoms with E-state index < -0.39 is 0 Å². The maximum absolute atomic E-state index is 2.59. The molecule has 0 amide bonds. The molecule has 1 saturated carbocycles. The molecule has 2 heteroatoms. The summed E-state index contributed by atoms with van der Waals surface area (Å²) in [4.78, 5) is 0. The van der Waals surface area contributed by atoms with E-state index in [1.165, 1.54) is 97.8 Å². The molecular formula is C30H29N2+. The Morgan fingerprint density at radius 2 is 1.69 bits per heavy atom. The SMILES string of the molecule is Cc1ccc2c3cccc(C)c3n3c4cc(CC5CCCC5)cc5cc[n+](C)c(c1c23)c54. The lowest BCUT2D eigenvalue weighted by atomic mass is 9.94. The summed E-state index contributed by atoms with van der Waals surface area (Å²) < 4.78 is 4.92. The van der Waals surface area contributed by atoms with E-state index in [9.17, 15) is 0 Å². The maximum atomic E-state index is 2.59. The van der Waals surface area contributed by atoms with Crippen LogP contribution in [0.25, 0.3) is 49.0 Å². The van der Waals surface area contributed by atoms with Gasteiger partial charge in [-0.3, -0.25) is 0 Å². The van der Waals surface area contributed by atoms with Gasteiger partial charge in [-0.2, -0.15) is 0 Å². The summed E-state index contributed by atoms with van der Waals surface area (Å²) >= 11 is 0. The van der Waals surface area contributed by atoms with Crippen LogP contribution >= 0.6 is 0 Å². The second kappa shape index (κ2) is 6.45. The van der Waals surface area contributed by atoms with Crippen molar-refractivity contribution < 1.29 is 4.57 Å². The fraction of sp³-hybridized carbons (Fsp3) is 0.300. The summed E-state index contributed by atoms with van der Waals surface area (Å²) in [5.41, 5.74) is 9.67. The standard InChI is InChI=1S/C30H29N2/c1-18-11-12-24-23-10-6-7-19(2)28(23)32-25-17-21(15-20-8-4-5-9-20)16-22-13-14-31(3)30(27(22)25)26(18)29(24)32/h6-7,10-14,16-17,20H,4-5,8-9,15H2,1-3H3/q+1. The molecule has 1 aliphatic carbocycles. The summed E-state index contributed by atoms with van der Waals surface area (Å²) in [5, 5.41) is 6.90. The number of fused-ring (bicyclic) bond motifs is 5. The zero-order chi connectivity index (χ0) is 21.6. The van der Waals surface area contributed by atoms with Crippen molar-refractivity contribution in [3.8, 4) is 0 Å².